The molecule has 1 heterocycles. The Morgan fingerprint density at radius 3 is 2.81 bits per heavy atom. The topological polar surface area (TPSA) is 67.4 Å². The molecular weight excluding hydrogens is 275 g/mol. The van der Waals surface area contributed by atoms with Crippen molar-refractivity contribution in [3.63, 3.8) is 0 Å². The molecule has 0 spiro atoms. The van der Waals surface area contributed by atoms with Gasteiger partial charge < -0.3 is 15.4 Å². The average Bonchev–Trinajstić information content (AvgIpc) is 2.97. The van der Waals surface area contributed by atoms with Gasteiger partial charge in [-0.25, -0.2) is 9.18 Å². The number of halogens is 1. The van der Waals surface area contributed by atoms with Gasteiger partial charge in [0, 0.05) is 0 Å². The molecule has 21 heavy (non-hydrogen) atoms. The third kappa shape index (κ3) is 3.05. The number of carbonyl (C=O) groups excluding carboxylic acids is 2. The number of rotatable bonds is 4. The lowest BCUT2D eigenvalue weighted by Gasteiger charge is -2.27. The van der Waals surface area contributed by atoms with Crippen LogP contribution in [0.15, 0.2) is 18.2 Å². The molecule has 2 rings (SSSR count). The van der Waals surface area contributed by atoms with Gasteiger partial charge >= 0.3 is 5.97 Å². The van der Waals surface area contributed by atoms with Gasteiger partial charge in [0.2, 0.25) is 5.91 Å². The van der Waals surface area contributed by atoms with E-state index in [-0.39, 0.29) is 17.2 Å². The highest BCUT2D eigenvalue weighted by molar-refractivity contribution is 6.04. The van der Waals surface area contributed by atoms with Crippen LogP contribution in [0.1, 0.15) is 36.5 Å². The summed E-state index contributed by atoms with van der Waals surface area (Å²) in [6, 6.07) is 3.59. The van der Waals surface area contributed by atoms with E-state index < -0.39 is 17.3 Å². The Hall–Kier alpha value is -1.95. The van der Waals surface area contributed by atoms with E-state index in [2.05, 4.69) is 15.4 Å². The zero-order valence-corrected chi connectivity index (χ0v) is 12.2. The fourth-order valence-corrected chi connectivity index (χ4v) is 2.61. The molecule has 0 radical (unpaired) electrons. The van der Waals surface area contributed by atoms with Gasteiger partial charge in [-0.2, -0.15) is 0 Å². The van der Waals surface area contributed by atoms with Crippen molar-refractivity contribution in [2.75, 3.05) is 19.0 Å². The molecule has 5 nitrogen and oxygen atoms in total. The predicted octanol–water partition coefficient (Wildman–Crippen LogP) is 2.08. The Morgan fingerprint density at radius 1 is 1.48 bits per heavy atom. The first-order valence-corrected chi connectivity index (χ1v) is 6.97. The van der Waals surface area contributed by atoms with Gasteiger partial charge in [-0.15, -0.1) is 0 Å². The second kappa shape index (κ2) is 6.22. The summed E-state index contributed by atoms with van der Waals surface area (Å²) in [5, 5.41) is 5.85. The van der Waals surface area contributed by atoms with Gasteiger partial charge in [0.1, 0.15) is 5.82 Å². The Labute approximate surface area is 122 Å². The van der Waals surface area contributed by atoms with Crippen LogP contribution < -0.4 is 10.6 Å². The predicted molar refractivity (Wildman–Crippen MR) is 76.6 cm³/mol. The summed E-state index contributed by atoms with van der Waals surface area (Å²) in [5.41, 5.74) is -0.385. The van der Waals surface area contributed by atoms with Crippen molar-refractivity contribution in [1.82, 2.24) is 5.32 Å². The van der Waals surface area contributed by atoms with Crippen LogP contribution in [0.5, 0.6) is 0 Å². The Balaban J connectivity index is 2.28. The van der Waals surface area contributed by atoms with E-state index in [1.54, 1.807) is 0 Å². The standard InChI is InChI=1S/C15H19FN2O3/c1-3-15(7-4-8-17-15)14(20)18-12-9-10(16)5-6-11(12)13(19)21-2/h5-6,9,17H,3-4,7-8H2,1-2H3,(H,18,20). The highest BCUT2D eigenvalue weighted by Crippen LogP contribution is 2.26. The number of methoxy groups -OCH3 is 1. The highest BCUT2D eigenvalue weighted by atomic mass is 19.1. The second-order valence-corrected chi connectivity index (χ2v) is 5.10. The SMILES string of the molecule is CCC1(C(=O)Nc2cc(F)ccc2C(=O)OC)CCCN1. The molecule has 114 valence electrons. The first-order valence-electron chi connectivity index (χ1n) is 6.97. The molecule has 1 aliphatic rings. The van der Waals surface area contributed by atoms with Crippen molar-refractivity contribution >= 4 is 17.6 Å². The average molecular weight is 294 g/mol. The van der Waals surface area contributed by atoms with Gasteiger partial charge in [-0.1, -0.05) is 6.92 Å². The summed E-state index contributed by atoms with van der Waals surface area (Å²) in [6.45, 7) is 2.69. The third-order valence-corrected chi connectivity index (χ3v) is 3.92. The van der Waals surface area contributed by atoms with Crippen LogP contribution in [0.2, 0.25) is 0 Å². The maximum atomic E-state index is 13.4. The van der Waals surface area contributed by atoms with Gasteiger partial charge in [-0.05, 0) is 44.0 Å². The number of ether oxygens (including phenoxy) is 1. The summed E-state index contributed by atoms with van der Waals surface area (Å²) < 4.78 is 18.0. The second-order valence-electron chi connectivity index (χ2n) is 5.10. The van der Waals surface area contributed by atoms with E-state index in [1.807, 2.05) is 6.92 Å². The first-order chi connectivity index (χ1) is 10.0. The number of esters is 1. The number of nitrogens with one attached hydrogen (secondary N) is 2. The minimum atomic E-state index is -0.653. The first kappa shape index (κ1) is 15.4. The zero-order valence-electron chi connectivity index (χ0n) is 12.2. The molecule has 1 atom stereocenters. The molecule has 1 aromatic carbocycles. The van der Waals surface area contributed by atoms with E-state index in [0.717, 1.165) is 31.5 Å². The molecule has 0 bridgehead atoms. The maximum absolute atomic E-state index is 13.4. The molecule has 0 saturated carbocycles. The molecule has 0 aromatic heterocycles. The fraction of sp³-hybridized carbons (Fsp3) is 0.467. The smallest absolute Gasteiger partial charge is 0.339 e. The third-order valence-electron chi connectivity index (χ3n) is 3.92. The molecule has 1 unspecified atom stereocenters. The number of benzene rings is 1. The molecule has 2 N–H and O–H groups in total. The van der Waals surface area contributed by atoms with Crippen molar-refractivity contribution in [2.45, 2.75) is 31.7 Å². The van der Waals surface area contributed by atoms with Crippen LogP contribution in [-0.2, 0) is 9.53 Å². The number of carbonyl (C=O) groups is 2. The van der Waals surface area contributed by atoms with Crippen molar-refractivity contribution in [2.24, 2.45) is 0 Å². The van der Waals surface area contributed by atoms with Crippen molar-refractivity contribution in [1.29, 1.82) is 0 Å². The zero-order chi connectivity index (χ0) is 15.5. The number of amides is 1. The number of anilines is 1. The van der Waals surface area contributed by atoms with Crippen molar-refractivity contribution in [3.05, 3.63) is 29.6 Å². The lowest BCUT2D eigenvalue weighted by molar-refractivity contribution is -0.122. The molecule has 1 amide bonds. The number of hydrogen-bond acceptors (Lipinski definition) is 4. The Kier molecular flexibility index (Phi) is 4.57. The van der Waals surface area contributed by atoms with Gasteiger partial charge in [0.05, 0.1) is 23.9 Å². The normalized spacial score (nSPS) is 21.1. The fourth-order valence-electron chi connectivity index (χ4n) is 2.61. The molecule has 6 heteroatoms. The van der Waals surface area contributed by atoms with E-state index >= 15 is 0 Å². The summed E-state index contributed by atoms with van der Waals surface area (Å²) in [7, 11) is 1.24. The lowest BCUT2D eigenvalue weighted by atomic mass is 9.93. The van der Waals surface area contributed by atoms with Crippen molar-refractivity contribution < 1.29 is 18.7 Å². The minimum absolute atomic E-state index is 0.133. The summed E-state index contributed by atoms with van der Waals surface area (Å²) >= 11 is 0. The molecule has 1 aromatic rings. The van der Waals surface area contributed by atoms with E-state index in [0.29, 0.717) is 6.42 Å². The summed E-state index contributed by atoms with van der Waals surface area (Å²) in [5.74, 6) is -1.39. The molecule has 0 aliphatic carbocycles. The van der Waals surface area contributed by atoms with Crippen LogP contribution in [0, 0.1) is 5.82 Å². The van der Waals surface area contributed by atoms with E-state index in [9.17, 15) is 14.0 Å². The van der Waals surface area contributed by atoms with E-state index in [4.69, 9.17) is 0 Å². The molecule has 1 aliphatic heterocycles. The van der Waals surface area contributed by atoms with Crippen LogP contribution in [-0.4, -0.2) is 31.1 Å². The van der Waals surface area contributed by atoms with Crippen LogP contribution in [0.25, 0.3) is 0 Å². The molecule has 1 saturated heterocycles. The Morgan fingerprint density at radius 2 is 2.24 bits per heavy atom. The van der Waals surface area contributed by atoms with Gasteiger partial charge in [0.15, 0.2) is 0 Å². The van der Waals surface area contributed by atoms with Crippen molar-refractivity contribution in [3.8, 4) is 0 Å². The minimum Gasteiger partial charge on any atom is -0.465 e. The maximum Gasteiger partial charge on any atom is 0.339 e. The lowest BCUT2D eigenvalue weighted by Crippen LogP contribution is -2.50. The number of hydrogen-bond donors (Lipinski definition) is 2. The molecular formula is C15H19FN2O3. The van der Waals surface area contributed by atoms with E-state index in [1.165, 1.54) is 13.2 Å². The van der Waals surface area contributed by atoms with Gasteiger partial charge in [0.25, 0.3) is 0 Å². The summed E-state index contributed by atoms with van der Waals surface area (Å²) in [4.78, 5) is 24.2. The Bertz CT molecular complexity index is 554. The quantitative estimate of drug-likeness (QED) is 0.834. The molecule has 1 fully saturated rings. The monoisotopic (exact) mass is 294 g/mol. The highest BCUT2D eigenvalue weighted by Gasteiger charge is 2.39. The van der Waals surface area contributed by atoms with Crippen LogP contribution in [0.3, 0.4) is 0 Å². The largest absolute Gasteiger partial charge is 0.465 e. The van der Waals surface area contributed by atoms with Crippen LogP contribution in [0.4, 0.5) is 10.1 Å². The van der Waals surface area contributed by atoms with Gasteiger partial charge in [-0.3, -0.25) is 4.79 Å². The summed E-state index contributed by atoms with van der Waals surface area (Å²) in [6.07, 6.45) is 2.26. The van der Waals surface area contributed by atoms with Crippen LogP contribution >= 0.6 is 0 Å².